The van der Waals surface area contributed by atoms with E-state index in [1.54, 1.807) is 17.5 Å². The van der Waals surface area contributed by atoms with Gasteiger partial charge in [0.1, 0.15) is 9.96 Å². The van der Waals surface area contributed by atoms with E-state index in [4.69, 9.17) is 0 Å². The summed E-state index contributed by atoms with van der Waals surface area (Å²) >= 11 is 1.03. The maximum absolute atomic E-state index is 12.3. The van der Waals surface area contributed by atoms with E-state index in [9.17, 15) is 22.0 Å². The largest absolute Gasteiger partial charge is 0.434 e. The topological polar surface area (TPSA) is 84.5 Å². The number of hydrogen-bond donors (Lipinski definition) is 2. The SMILES string of the molecule is O=C(CNS(=O)(=O)c1cccs1)NCc1ccccc1OC(F)F. The van der Waals surface area contributed by atoms with Crippen LogP contribution in [0.3, 0.4) is 0 Å². The number of rotatable bonds is 8. The predicted molar refractivity (Wildman–Crippen MR) is 84.4 cm³/mol. The molecule has 130 valence electrons. The van der Waals surface area contributed by atoms with E-state index in [0.29, 0.717) is 5.56 Å². The van der Waals surface area contributed by atoms with Crippen molar-refractivity contribution >= 4 is 27.3 Å². The lowest BCUT2D eigenvalue weighted by Crippen LogP contribution is -2.36. The highest BCUT2D eigenvalue weighted by molar-refractivity contribution is 7.91. The molecule has 0 atom stereocenters. The smallest absolute Gasteiger partial charge is 0.387 e. The first-order valence-electron chi connectivity index (χ1n) is 6.71. The van der Waals surface area contributed by atoms with Crippen LogP contribution in [0.4, 0.5) is 8.78 Å². The normalized spacial score (nSPS) is 11.5. The molecule has 1 amide bonds. The molecule has 0 aliphatic rings. The van der Waals surface area contributed by atoms with Gasteiger partial charge in [-0.3, -0.25) is 4.79 Å². The molecule has 0 aliphatic heterocycles. The number of sulfonamides is 1. The number of carbonyl (C=O) groups is 1. The second-order valence-electron chi connectivity index (χ2n) is 4.52. The van der Waals surface area contributed by atoms with Crippen molar-refractivity contribution in [3.05, 3.63) is 47.3 Å². The van der Waals surface area contributed by atoms with Gasteiger partial charge >= 0.3 is 6.61 Å². The summed E-state index contributed by atoms with van der Waals surface area (Å²) in [5.41, 5.74) is 0.354. The Hall–Kier alpha value is -2.04. The molecule has 24 heavy (non-hydrogen) atoms. The number of thiophene rings is 1. The van der Waals surface area contributed by atoms with Gasteiger partial charge in [0.05, 0.1) is 6.54 Å². The minimum atomic E-state index is -3.74. The molecule has 0 unspecified atom stereocenters. The summed E-state index contributed by atoms with van der Waals surface area (Å²) in [7, 11) is -3.74. The molecule has 0 radical (unpaired) electrons. The average Bonchev–Trinajstić information content (AvgIpc) is 3.07. The maximum atomic E-state index is 12.3. The van der Waals surface area contributed by atoms with E-state index in [-0.39, 0.29) is 16.5 Å². The molecule has 0 bridgehead atoms. The van der Waals surface area contributed by atoms with Gasteiger partial charge in [-0.1, -0.05) is 24.3 Å². The zero-order valence-electron chi connectivity index (χ0n) is 12.2. The van der Waals surface area contributed by atoms with Gasteiger partial charge in [-0.05, 0) is 17.5 Å². The first-order valence-corrected chi connectivity index (χ1v) is 9.07. The Morgan fingerprint density at radius 3 is 2.62 bits per heavy atom. The quantitative estimate of drug-likeness (QED) is 0.738. The van der Waals surface area contributed by atoms with Crippen LogP contribution in [0.1, 0.15) is 5.56 Å². The fourth-order valence-corrected chi connectivity index (χ4v) is 3.78. The van der Waals surface area contributed by atoms with Crippen LogP contribution in [-0.4, -0.2) is 27.5 Å². The van der Waals surface area contributed by atoms with Crippen LogP contribution in [0.15, 0.2) is 46.0 Å². The second kappa shape index (κ2) is 8.18. The number of para-hydroxylation sites is 1. The minimum Gasteiger partial charge on any atom is -0.434 e. The Balaban J connectivity index is 1.88. The lowest BCUT2D eigenvalue weighted by Gasteiger charge is -2.11. The average molecular weight is 376 g/mol. The Kier molecular flexibility index (Phi) is 6.23. The van der Waals surface area contributed by atoms with Crippen LogP contribution in [0.2, 0.25) is 0 Å². The van der Waals surface area contributed by atoms with Crippen molar-refractivity contribution in [2.24, 2.45) is 0 Å². The molecule has 2 N–H and O–H groups in total. The lowest BCUT2D eigenvalue weighted by atomic mass is 10.2. The van der Waals surface area contributed by atoms with Gasteiger partial charge in [0, 0.05) is 12.1 Å². The van der Waals surface area contributed by atoms with E-state index in [1.165, 1.54) is 24.3 Å². The molecule has 2 rings (SSSR count). The van der Waals surface area contributed by atoms with Gasteiger partial charge in [0.25, 0.3) is 10.0 Å². The summed E-state index contributed by atoms with van der Waals surface area (Å²) < 4.78 is 54.9. The van der Waals surface area contributed by atoms with Crippen LogP contribution in [0.25, 0.3) is 0 Å². The molecule has 1 aromatic heterocycles. The lowest BCUT2D eigenvalue weighted by molar-refractivity contribution is -0.120. The van der Waals surface area contributed by atoms with E-state index >= 15 is 0 Å². The summed E-state index contributed by atoms with van der Waals surface area (Å²) in [5, 5.41) is 4.05. The predicted octanol–water partition coefficient (Wildman–Crippen LogP) is 1.94. The number of carbonyl (C=O) groups excluding carboxylic acids is 1. The van der Waals surface area contributed by atoms with Crippen molar-refractivity contribution in [2.75, 3.05) is 6.54 Å². The zero-order chi connectivity index (χ0) is 17.6. The Labute approximate surface area is 141 Å². The number of alkyl halides is 2. The molecule has 1 aromatic carbocycles. The number of ether oxygens (including phenoxy) is 1. The summed E-state index contributed by atoms with van der Waals surface area (Å²) in [6.07, 6.45) is 0. The van der Waals surface area contributed by atoms with Gasteiger partial charge < -0.3 is 10.1 Å². The Morgan fingerprint density at radius 1 is 1.21 bits per heavy atom. The van der Waals surface area contributed by atoms with E-state index in [0.717, 1.165) is 11.3 Å². The molecule has 0 aliphatic carbocycles. The van der Waals surface area contributed by atoms with Gasteiger partial charge in [0.2, 0.25) is 5.91 Å². The highest BCUT2D eigenvalue weighted by Gasteiger charge is 2.16. The van der Waals surface area contributed by atoms with Crippen molar-refractivity contribution in [2.45, 2.75) is 17.4 Å². The second-order valence-corrected chi connectivity index (χ2v) is 7.46. The van der Waals surface area contributed by atoms with Gasteiger partial charge in [-0.25, -0.2) is 13.1 Å². The monoisotopic (exact) mass is 376 g/mol. The zero-order valence-corrected chi connectivity index (χ0v) is 13.9. The van der Waals surface area contributed by atoms with Crippen LogP contribution >= 0.6 is 11.3 Å². The third-order valence-electron chi connectivity index (χ3n) is 2.85. The highest BCUT2D eigenvalue weighted by Crippen LogP contribution is 2.20. The van der Waals surface area contributed by atoms with Crippen LogP contribution in [-0.2, 0) is 21.4 Å². The maximum Gasteiger partial charge on any atom is 0.387 e. The molecule has 10 heteroatoms. The molecular formula is C14H14F2N2O4S2. The fraction of sp³-hybridized carbons (Fsp3) is 0.214. The van der Waals surface area contributed by atoms with Crippen LogP contribution in [0, 0.1) is 0 Å². The van der Waals surface area contributed by atoms with Crippen LogP contribution in [0.5, 0.6) is 5.75 Å². The molecule has 2 aromatic rings. The molecule has 0 saturated heterocycles. The summed E-state index contributed by atoms with van der Waals surface area (Å²) in [6.45, 7) is -3.50. The van der Waals surface area contributed by atoms with Crippen molar-refractivity contribution in [1.29, 1.82) is 0 Å². The van der Waals surface area contributed by atoms with Crippen molar-refractivity contribution in [3.8, 4) is 5.75 Å². The number of nitrogens with one attached hydrogen (secondary N) is 2. The molecule has 0 spiro atoms. The molecular weight excluding hydrogens is 362 g/mol. The van der Waals surface area contributed by atoms with Crippen molar-refractivity contribution in [1.82, 2.24) is 10.0 Å². The summed E-state index contributed by atoms with van der Waals surface area (Å²) in [5.74, 6) is -0.644. The van der Waals surface area contributed by atoms with E-state index < -0.39 is 29.1 Å². The number of benzene rings is 1. The standard InChI is InChI=1S/C14H14F2N2O4S2/c15-14(16)22-11-5-2-1-4-10(11)8-17-12(19)9-18-24(20,21)13-6-3-7-23-13/h1-7,14,18H,8-9H2,(H,17,19). The van der Waals surface area contributed by atoms with Crippen molar-refractivity contribution < 1.29 is 26.7 Å². The highest BCUT2D eigenvalue weighted by atomic mass is 32.2. The molecule has 0 fully saturated rings. The van der Waals surface area contributed by atoms with E-state index in [2.05, 4.69) is 14.8 Å². The van der Waals surface area contributed by atoms with Gasteiger partial charge in [0.15, 0.2) is 0 Å². The number of amides is 1. The number of hydrogen-bond acceptors (Lipinski definition) is 5. The minimum absolute atomic E-state index is 0.0491. The van der Waals surface area contributed by atoms with E-state index in [1.807, 2.05) is 0 Å². The summed E-state index contributed by atoms with van der Waals surface area (Å²) in [6, 6.07) is 9.01. The first kappa shape index (κ1) is 18.3. The Bertz CT molecular complexity index is 780. The third-order valence-corrected chi connectivity index (χ3v) is 5.65. The third kappa shape index (κ3) is 5.25. The Morgan fingerprint density at radius 2 is 1.96 bits per heavy atom. The van der Waals surface area contributed by atoms with Gasteiger partial charge in [-0.15, -0.1) is 11.3 Å². The van der Waals surface area contributed by atoms with Gasteiger partial charge in [-0.2, -0.15) is 8.78 Å². The van der Waals surface area contributed by atoms with Crippen LogP contribution < -0.4 is 14.8 Å². The summed E-state index contributed by atoms with van der Waals surface area (Å²) in [4.78, 5) is 11.7. The van der Waals surface area contributed by atoms with Crippen molar-refractivity contribution in [3.63, 3.8) is 0 Å². The molecule has 6 nitrogen and oxygen atoms in total. The molecule has 0 saturated carbocycles. The molecule has 1 heterocycles. The fourth-order valence-electron chi connectivity index (χ4n) is 1.77. The first-order chi connectivity index (χ1) is 11.4. The number of halogens is 2.